The van der Waals surface area contributed by atoms with E-state index in [4.69, 9.17) is 11.2 Å². The second kappa shape index (κ2) is 5.90. The van der Waals surface area contributed by atoms with Crippen molar-refractivity contribution in [3.63, 3.8) is 0 Å². The highest BCUT2D eigenvalue weighted by Gasteiger charge is 1.85. The van der Waals surface area contributed by atoms with Crippen molar-refractivity contribution in [2.75, 3.05) is 6.61 Å². The summed E-state index contributed by atoms with van der Waals surface area (Å²) >= 11 is 0. The molecule has 0 heterocycles. The summed E-state index contributed by atoms with van der Waals surface area (Å²) in [6, 6.07) is 0. The lowest BCUT2D eigenvalue weighted by Gasteiger charge is -2.00. The number of allylic oxidation sites excluding steroid dienone is 2. The first-order valence-corrected chi connectivity index (χ1v) is 2.99. The van der Waals surface area contributed by atoms with E-state index in [1.54, 1.807) is 6.92 Å². The van der Waals surface area contributed by atoms with E-state index in [2.05, 4.69) is 5.92 Å². The summed E-state index contributed by atoms with van der Waals surface area (Å²) in [5.41, 5.74) is 0. The predicted molar refractivity (Wildman–Crippen MR) is 39.2 cm³/mol. The first-order valence-electron chi connectivity index (χ1n) is 2.99. The molecule has 0 unspecified atom stereocenters. The summed E-state index contributed by atoms with van der Waals surface area (Å²) in [6.07, 6.45) is 7.59. The van der Waals surface area contributed by atoms with Crippen LogP contribution in [0.15, 0.2) is 11.8 Å². The van der Waals surface area contributed by atoms with Crippen LogP contribution in [0.3, 0.4) is 0 Å². The number of carbonyl (C=O) groups excluding carboxylic acids is 1. The van der Waals surface area contributed by atoms with Gasteiger partial charge in [-0.15, -0.1) is 12.3 Å². The molecule has 0 rings (SSSR count). The number of terminal acetylenes is 1. The summed E-state index contributed by atoms with van der Waals surface area (Å²) in [6.45, 7) is 2.19. The van der Waals surface area contributed by atoms with Gasteiger partial charge in [-0.3, -0.25) is 4.79 Å². The van der Waals surface area contributed by atoms with Crippen LogP contribution in [0, 0.1) is 12.3 Å². The largest absolute Gasteiger partial charge is 0.497 e. The van der Waals surface area contributed by atoms with E-state index in [1.165, 1.54) is 6.08 Å². The molecule has 0 aliphatic heterocycles. The van der Waals surface area contributed by atoms with Gasteiger partial charge in [-0.25, -0.2) is 0 Å². The molecule has 0 fully saturated rings. The average Bonchev–Trinajstić information content (AvgIpc) is 1.89. The number of aldehydes is 1. The first-order chi connectivity index (χ1) is 4.81. The maximum absolute atomic E-state index is 9.85. The van der Waals surface area contributed by atoms with Gasteiger partial charge in [0.05, 0.1) is 12.4 Å². The van der Waals surface area contributed by atoms with Gasteiger partial charge in [0.2, 0.25) is 0 Å². The molecule has 0 bridgehead atoms. The zero-order chi connectivity index (χ0) is 7.82. The number of rotatable bonds is 4. The Labute approximate surface area is 60.9 Å². The molecule has 2 nitrogen and oxygen atoms in total. The smallest absolute Gasteiger partial charge is 0.146 e. The molecule has 0 aromatic heterocycles. The van der Waals surface area contributed by atoms with Gasteiger partial charge in [-0.2, -0.15) is 0 Å². The molecule has 0 aliphatic carbocycles. The van der Waals surface area contributed by atoms with Crippen LogP contribution in [0.1, 0.15) is 13.3 Å². The van der Waals surface area contributed by atoms with E-state index in [1.807, 2.05) is 0 Å². The van der Waals surface area contributed by atoms with Gasteiger partial charge in [0, 0.05) is 12.5 Å². The molecule has 0 N–H and O–H groups in total. The van der Waals surface area contributed by atoms with Gasteiger partial charge in [-0.05, 0) is 6.92 Å². The Morgan fingerprint density at radius 1 is 1.80 bits per heavy atom. The Hall–Kier alpha value is -1.23. The van der Waals surface area contributed by atoms with E-state index < -0.39 is 0 Å². The fourth-order valence-corrected chi connectivity index (χ4v) is 0.415. The van der Waals surface area contributed by atoms with Crippen LogP contribution in [0.25, 0.3) is 0 Å². The van der Waals surface area contributed by atoms with Crippen molar-refractivity contribution in [3.8, 4) is 12.3 Å². The molecule has 0 aromatic rings. The monoisotopic (exact) mass is 138 g/mol. The molecule has 0 aliphatic rings. The van der Waals surface area contributed by atoms with E-state index >= 15 is 0 Å². The summed E-state index contributed by atoms with van der Waals surface area (Å²) < 4.78 is 5.01. The van der Waals surface area contributed by atoms with Crippen molar-refractivity contribution < 1.29 is 9.53 Å². The molecule has 0 saturated carbocycles. The predicted octanol–water partition coefficient (Wildman–Crippen LogP) is 1.13. The van der Waals surface area contributed by atoms with Crippen molar-refractivity contribution >= 4 is 6.29 Å². The summed E-state index contributed by atoms with van der Waals surface area (Å²) in [5, 5.41) is 0. The standard InChI is InChI=1S/C8H10O2/c1-3-4-7-10-8(2)5-6-9/h1,5-6H,4,7H2,2H3/b8-5+. The Bertz CT molecular complexity index is 163. The van der Waals surface area contributed by atoms with Gasteiger partial charge < -0.3 is 4.74 Å². The van der Waals surface area contributed by atoms with Gasteiger partial charge in [0.25, 0.3) is 0 Å². The number of ether oxygens (including phenoxy) is 1. The van der Waals surface area contributed by atoms with Crippen LogP contribution >= 0.6 is 0 Å². The van der Waals surface area contributed by atoms with Crippen LogP contribution in [-0.2, 0) is 9.53 Å². The summed E-state index contributed by atoms with van der Waals surface area (Å²) in [5.74, 6) is 3.03. The normalized spacial score (nSPS) is 10.2. The molecule has 0 radical (unpaired) electrons. The van der Waals surface area contributed by atoms with E-state index in [-0.39, 0.29) is 0 Å². The van der Waals surface area contributed by atoms with E-state index in [0.717, 1.165) is 0 Å². The minimum Gasteiger partial charge on any atom is -0.497 e. The number of hydrogen-bond acceptors (Lipinski definition) is 2. The molecule has 54 valence electrons. The van der Waals surface area contributed by atoms with E-state index in [9.17, 15) is 4.79 Å². The lowest BCUT2D eigenvalue weighted by Crippen LogP contribution is -1.90. The fraction of sp³-hybridized carbons (Fsp3) is 0.375. The minimum atomic E-state index is 0.479. The lowest BCUT2D eigenvalue weighted by atomic mass is 10.4. The molecule has 0 saturated heterocycles. The van der Waals surface area contributed by atoms with Gasteiger partial charge in [0.15, 0.2) is 0 Å². The zero-order valence-corrected chi connectivity index (χ0v) is 5.96. The Morgan fingerprint density at radius 3 is 3.00 bits per heavy atom. The fourth-order valence-electron chi connectivity index (χ4n) is 0.415. The van der Waals surface area contributed by atoms with Gasteiger partial charge in [0.1, 0.15) is 6.29 Å². The number of hydrogen-bond donors (Lipinski definition) is 0. The topological polar surface area (TPSA) is 26.3 Å². The molecule has 0 amide bonds. The third kappa shape index (κ3) is 4.92. The van der Waals surface area contributed by atoms with Gasteiger partial charge in [-0.1, -0.05) is 0 Å². The van der Waals surface area contributed by atoms with Crippen LogP contribution in [0.4, 0.5) is 0 Å². The first kappa shape index (κ1) is 8.77. The second-order valence-corrected chi connectivity index (χ2v) is 1.72. The summed E-state index contributed by atoms with van der Waals surface area (Å²) in [4.78, 5) is 9.85. The molecule has 0 atom stereocenters. The zero-order valence-electron chi connectivity index (χ0n) is 5.96. The Morgan fingerprint density at radius 2 is 2.50 bits per heavy atom. The lowest BCUT2D eigenvalue weighted by molar-refractivity contribution is -0.104. The Balaban J connectivity index is 3.41. The van der Waals surface area contributed by atoms with E-state index in [0.29, 0.717) is 25.1 Å². The highest BCUT2D eigenvalue weighted by molar-refractivity contribution is 5.65. The highest BCUT2D eigenvalue weighted by atomic mass is 16.5. The number of carbonyl (C=O) groups is 1. The third-order valence-electron chi connectivity index (χ3n) is 0.879. The van der Waals surface area contributed by atoms with Crippen LogP contribution in [-0.4, -0.2) is 12.9 Å². The summed E-state index contributed by atoms with van der Waals surface area (Å²) in [7, 11) is 0. The third-order valence-corrected chi connectivity index (χ3v) is 0.879. The highest BCUT2D eigenvalue weighted by Crippen LogP contribution is 1.93. The molecular formula is C8H10O2. The molecular weight excluding hydrogens is 128 g/mol. The molecule has 2 heteroatoms. The maximum atomic E-state index is 9.85. The van der Waals surface area contributed by atoms with Crippen molar-refractivity contribution in [2.24, 2.45) is 0 Å². The minimum absolute atomic E-state index is 0.479. The molecule has 10 heavy (non-hydrogen) atoms. The molecule has 0 spiro atoms. The van der Waals surface area contributed by atoms with Gasteiger partial charge >= 0.3 is 0 Å². The van der Waals surface area contributed by atoms with Crippen molar-refractivity contribution in [1.29, 1.82) is 0 Å². The van der Waals surface area contributed by atoms with Crippen LogP contribution in [0.5, 0.6) is 0 Å². The van der Waals surface area contributed by atoms with Crippen LogP contribution in [0.2, 0.25) is 0 Å². The SMILES string of the molecule is C#CCCO/C(C)=C/C=O. The molecule has 0 aromatic carbocycles. The van der Waals surface area contributed by atoms with Crippen molar-refractivity contribution in [2.45, 2.75) is 13.3 Å². The maximum Gasteiger partial charge on any atom is 0.146 e. The van der Waals surface area contributed by atoms with Crippen molar-refractivity contribution in [3.05, 3.63) is 11.8 Å². The van der Waals surface area contributed by atoms with Crippen LogP contribution < -0.4 is 0 Å². The second-order valence-electron chi connectivity index (χ2n) is 1.72. The Kier molecular flexibility index (Phi) is 5.17. The quantitative estimate of drug-likeness (QED) is 0.191. The average molecular weight is 138 g/mol. The van der Waals surface area contributed by atoms with Crippen molar-refractivity contribution in [1.82, 2.24) is 0 Å².